The zero-order valence-corrected chi connectivity index (χ0v) is 11.8. The third-order valence-electron chi connectivity index (χ3n) is 3.02. The van der Waals surface area contributed by atoms with Crippen molar-refractivity contribution in [3.05, 3.63) is 57.8 Å². The molecule has 0 amide bonds. The molecule has 0 aliphatic rings. The highest BCUT2D eigenvalue weighted by molar-refractivity contribution is 5.54. The van der Waals surface area contributed by atoms with Gasteiger partial charge in [0.05, 0.1) is 12.6 Å². The van der Waals surface area contributed by atoms with Gasteiger partial charge in [0.25, 0.3) is 0 Å². The van der Waals surface area contributed by atoms with Crippen molar-refractivity contribution in [1.82, 2.24) is 0 Å². The van der Waals surface area contributed by atoms with Crippen molar-refractivity contribution in [2.45, 2.75) is 32.7 Å². The van der Waals surface area contributed by atoms with Gasteiger partial charge in [-0.1, -0.05) is 39.0 Å². The summed E-state index contributed by atoms with van der Waals surface area (Å²) in [4.78, 5) is 10.0. The minimum absolute atomic E-state index is 0.0265. The maximum atomic E-state index is 10.6. The summed E-state index contributed by atoms with van der Waals surface area (Å²) in [5.41, 5.74) is 2.23. The van der Waals surface area contributed by atoms with Crippen LogP contribution in [-0.2, 0) is 12.0 Å². The fraction of sp³-hybridized carbons (Fsp3) is 0.333. The van der Waals surface area contributed by atoms with Gasteiger partial charge >= 0.3 is 5.88 Å². The highest BCUT2D eigenvalue weighted by Gasteiger charge is 2.18. The molecule has 5 nitrogen and oxygen atoms in total. The first-order valence-corrected chi connectivity index (χ1v) is 6.44. The van der Waals surface area contributed by atoms with Crippen LogP contribution in [0.5, 0.6) is 0 Å². The number of rotatable bonds is 4. The van der Waals surface area contributed by atoms with Crippen molar-refractivity contribution in [2.24, 2.45) is 0 Å². The van der Waals surface area contributed by atoms with Crippen LogP contribution in [0.25, 0.3) is 0 Å². The number of nitro groups is 1. The first-order valence-electron chi connectivity index (χ1n) is 6.44. The number of hydrogen-bond acceptors (Lipinski definition) is 4. The lowest BCUT2D eigenvalue weighted by Crippen LogP contribution is -2.14. The summed E-state index contributed by atoms with van der Waals surface area (Å²) in [6.07, 6.45) is 0. The van der Waals surface area contributed by atoms with E-state index in [4.69, 9.17) is 4.42 Å². The Kier molecular flexibility index (Phi) is 3.79. The normalized spacial score (nSPS) is 11.3. The zero-order chi connectivity index (χ0) is 14.8. The number of nitrogens with zero attached hydrogens (tertiary/aromatic N) is 1. The number of nitrogens with one attached hydrogen (secondary N) is 1. The molecule has 106 valence electrons. The molecule has 0 aliphatic heterocycles. The number of hydrogen-bond donors (Lipinski definition) is 1. The van der Waals surface area contributed by atoms with Crippen LogP contribution in [0.4, 0.5) is 11.6 Å². The lowest BCUT2D eigenvalue weighted by molar-refractivity contribution is -0.402. The molecule has 5 heteroatoms. The van der Waals surface area contributed by atoms with Crippen molar-refractivity contribution in [1.29, 1.82) is 0 Å². The van der Waals surface area contributed by atoms with E-state index in [1.54, 1.807) is 6.07 Å². The quantitative estimate of drug-likeness (QED) is 0.673. The minimum Gasteiger partial charge on any atom is -0.404 e. The molecule has 1 heterocycles. The molecule has 1 N–H and O–H groups in total. The highest BCUT2D eigenvalue weighted by atomic mass is 16.6. The van der Waals surface area contributed by atoms with E-state index < -0.39 is 4.92 Å². The average molecular weight is 274 g/mol. The van der Waals surface area contributed by atoms with Crippen LogP contribution in [0, 0.1) is 10.1 Å². The number of anilines is 1. The minimum atomic E-state index is -0.535. The maximum absolute atomic E-state index is 10.6. The molecule has 20 heavy (non-hydrogen) atoms. The standard InChI is InChI=1S/C15H18N2O3/c1-15(2,3)12-6-4-5-7-13(12)16-10-11-8-9-14(20-11)17(18)19/h4-9,16H,10H2,1-3H3. The Bertz CT molecular complexity index is 612. The molecular weight excluding hydrogens is 256 g/mol. The van der Waals surface area contributed by atoms with Gasteiger partial charge < -0.3 is 9.73 Å². The van der Waals surface area contributed by atoms with E-state index in [-0.39, 0.29) is 11.3 Å². The topological polar surface area (TPSA) is 68.3 Å². The van der Waals surface area contributed by atoms with E-state index in [1.807, 2.05) is 18.2 Å². The van der Waals surface area contributed by atoms with Gasteiger partial charge in [-0.05, 0) is 23.1 Å². The van der Waals surface area contributed by atoms with Gasteiger partial charge in [0.15, 0.2) is 0 Å². The van der Waals surface area contributed by atoms with Crippen molar-refractivity contribution >= 4 is 11.6 Å². The van der Waals surface area contributed by atoms with Gasteiger partial charge in [0, 0.05) is 5.69 Å². The Morgan fingerprint density at radius 1 is 1.20 bits per heavy atom. The van der Waals surface area contributed by atoms with Crippen molar-refractivity contribution in [3.8, 4) is 0 Å². The van der Waals surface area contributed by atoms with Gasteiger partial charge in [-0.3, -0.25) is 10.1 Å². The van der Waals surface area contributed by atoms with E-state index >= 15 is 0 Å². The molecule has 2 aromatic rings. The van der Waals surface area contributed by atoms with Crippen LogP contribution in [-0.4, -0.2) is 4.92 Å². The summed E-state index contributed by atoms with van der Waals surface area (Å²) < 4.78 is 5.13. The van der Waals surface area contributed by atoms with Crippen LogP contribution in [0.2, 0.25) is 0 Å². The summed E-state index contributed by atoms with van der Waals surface area (Å²) in [6.45, 7) is 6.85. The molecule has 0 saturated carbocycles. The average Bonchev–Trinajstić information content (AvgIpc) is 2.84. The SMILES string of the molecule is CC(C)(C)c1ccccc1NCc1ccc([N+](=O)[O-])o1. The summed E-state index contributed by atoms with van der Waals surface area (Å²) in [5, 5.41) is 13.8. The molecule has 0 bridgehead atoms. The largest absolute Gasteiger partial charge is 0.433 e. The first-order chi connectivity index (χ1) is 9.38. The Labute approximate surface area is 117 Å². The number of furan rings is 1. The molecule has 1 aromatic heterocycles. The second-order valence-corrected chi connectivity index (χ2v) is 5.65. The van der Waals surface area contributed by atoms with E-state index in [1.165, 1.54) is 11.6 Å². The number of para-hydroxylation sites is 1. The van der Waals surface area contributed by atoms with Crippen LogP contribution in [0.15, 0.2) is 40.8 Å². The van der Waals surface area contributed by atoms with Crippen molar-refractivity contribution in [3.63, 3.8) is 0 Å². The Morgan fingerprint density at radius 3 is 2.50 bits per heavy atom. The maximum Gasteiger partial charge on any atom is 0.433 e. The number of benzene rings is 1. The molecular formula is C15H18N2O3. The van der Waals surface area contributed by atoms with Crippen LogP contribution >= 0.6 is 0 Å². The van der Waals surface area contributed by atoms with Gasteiger partial charge in [-0.25, -0.2) is 0 Å². The molecule has 0 spiro atoms. The fourth-order valence-corrected chi connectivity index (χ4v) is 2.03. The summed E-state index contributed by atoms with van der Waals surface area (Å²) in [5.74, 6) is 0.311. The van der Waals surface area contributed by atoms with Gasteiger partial charge in [-0.15, -0.1) is 0 Å². The Balaban J connectivity index is 2.13. The van der Waals surface area contributed by atoms with Crippen LogP contribution in [0.3, 0.4) is 0 Å². The second kappa shape index (κ2) is 5.36. The lowest BCUT2D eigenvalue weighted by Gasteiger charge is -2.23. The summed E-state index contributed by atoms with van der Waals surface area (Å²) in [7, 11) is 0. The molecule has 1 aromatic carbocycles. The molecule has 0 radical (unpaired) electrons. The second-order valence-electron chi connectivity index (χ2n) is 5.65. The third kappa shape index (κ3) is 3.17. The van der Waals surface area contributed by atoms with E-state index in [0.717, 1.165) is 5.69 Å². The molecule has 0 atom stereocenters. The molecule has 0 saturated heterocycles. The molecule has 0 aliphatic carbocycles. The van der Waals surface area contributed by atoms with Gasteiger partial charge in [0.1, 0.15) is 10.7 Å². The first kappa shape index (κ1) is 14.1. The van der Waals surface area contributed by atoms with E-state index in [9.17, 15) is 10.1 Å². The van der Waals surface area contributed by atoms with E-state index in [0.29, 0.717) is 12.3 Å². The van der Waals surface area contributed by atoms with Crippen molar-refractivity contribution < 1.29 is 9.34 Å². The van der Waals surface area contributed by atoms with E-state index in [2.05, 4.69) is 32.2 Å². The fourth-order valence-electron chi connectivity index (χ4n) is 2.03. The monoisotopic (exact) mass is 274 g/mol. The Morgan fingerprint density at radius 2 is 1.90 bits per heavy atom. The summed E-state index contributed by atoms with van der Waals surface area (Å²) >= 11 is 0. The summed E-state index contributed by atoms with van der Waals surface area (Å²) in [6, 6.07) is 11.0. The highest BCUT2D eigenvalue weighted by Crippen LogP contribution is 2.29. The zero-order valence-electron chi connectivity index (χ0n) is 11.8. The third-order valence-corrected chi connectivity index (χ3v) is 3.02. The predicted octanol–water partition coefficient (Wildman–Crippen LogP) is 4.10. The molecule has 0 unspecified atom stereocenters. The van der Waals surface area contributed by atoms with Gasteiger partial charge in [0.2, 0.25) is 0 Å². The molecule has 0 fully saturated rings. The van der Waals surface area contributed by atoms with Gasteiger partial charge in [-0.2, -0.15) is 0 Å². The molecule has 2 rings (SSSR count). The van der Waals surface area contributed by atoms with Crippen LogP contribution < -0.4 is 5.32 Å². The Hall–Kier alpha value is -2.30. The smallest absolute Gasteiger partial charge is 0.404 e. The van der Waals surface area contributed by atoms with Crippen LogP contribution in [0.1, 0.15) is 32.1 Å². The van der Waals surface area contributed by atoms with Crippen molar-refractivity contribution in [2.75, 3.05) is 5.32 Å². The predicted molar refractivity (Wildman–Crippen MR) is 77.8 cm³/mol. The lowest BCUT2D eigenvalue weighted by atomic mass is 9.86.